The molecule has 0 amide bonds. The lowest BCUT2D eigenvalue weighted by atomic mass is 10.1. The number of hydrogen-bond acceptors (Lipinski definition) is 7. The van der Waals surface area contributed by atoms with E-state index in [4.69, 9.17) is 18.5 Å². The Morgan fingerprint density at radius 2 is 1.04 bits per heavy atom. The van der Waals surface area contributed by atoms with E-state index >= 15 is 0 Å². The number of likely N-dealkylation sites (N-methyl/N-ethyl adjacent to an activating group) is 1. The number of carbonyl (C=O) groups excluding carboxylic acids is 2. The Bertz CT molecular complexity index is 1030. The zero-order chi connectivity index (χ0) is 38.6. The van der Waals surface area contributed by atoms with Gasteiger partial charge in [-0.25, -0.2) is 4.57 Å². The molecule has 0 aromatic rings. The zero-order valence-corrected chi connectivity index (χ0v) is 34.7. The van der Waals surface area contributed by atoms with Gasteiger partial charge in [0.05, 0.1) is 27.7 Å². The number of carbonyl (C=O) groups is 2. The van der Waals surface area contributed by atoms with Crippen LogP contribution in [0.5, 0.6) is 0 Å². The molecule has 0 aliphatic heterocycles. The minimum atomic E-state index is -4.38. The second-order valence-corrected chi connectivity index (χ2v) is 16.1. The van der Waals surface area contributed by atoms with Gasteiger partial charge in [-0.15, -0.1) is 0 Å². The third kappa shape index (κ3) is 37.7. The molecule has 0 saturated heterocycles. The van der Waals surface area contributed by atoms with Crippen LogP contribution in [-0.4, -0.2) is 74.9 Å². The molecular weight excluding hydrogens is 677 g/mol. The van der Waals surface area contributed by atoms with E-state index in [9.17, 15) is 19.0 Å². The average molecular weight is 755 g/mol. The lowest BCUT2D eigenvalue weighted by Crippen LogP contribution is -2.37. The van der Waals surface area contributed by atoms with Crippen molar-refractivity contribution in [2.45, 2.75) is 161 Å². The summed E-state index contributed by atoms with van der Waals surface area (Å²) >= 11 is 0. The summed E-state index contributed by atoms with van der Waals surface area (Å²) in [6.45, 7) is 4.31. The lowest BCUT2D eigenvalue weighted by molar-refractivity contribution is -0.870. The molecule has 0 saturated carbocycles. The Labute approximate surface area is 318 Å². The Kier molecular flexibility index (Phi) is 33.4. The summed E-state index contributed by atoms with van der Waals surface area (Å²) in [6, 6.07) is 0. The highest BCUT2D eigenvalue weighted by Gasteiger charge is 2.27. The van der Waals surface area contributed by atoms with E-state index in [0.717, 1.165) is 57.8 Å². The molecule has 10 heteroatoms. The molecule has 0 spiro atoms. The maximum atomic E-state index is 12.6. The highest BCUT2D eigenvalue weighted by atomic mass is 31.2. The van der Waals surface area contributed by atoms with E-state index in [-0.39, 0.29) is 32.0 Å². The number of esters is 2. The normalized spacial score (nSPS) is 14.2. The molecule has 0 aromatic heterocycles. The van der Waals surface area contributed by atoms with Gasteiger partial charge in [0.2, 0.25) is 0 Å². The van der Waals surface area contributed by atoms with Crippen molar-refractivity contribution in [1.29, 1.82) is 0 Å². The van der Waals surface area contributed by atoms with Gasteiger partial charge in [0.15, 0.2) is 6.10 Å². The molecule has 2 atom stereocenters. The maximum Gasteiger partial charge on any atom is 0.472 e. The Morgan fingerprint density at radius 1 is 0.596 bits per heavy atom. The van der Waals surface area contributed by atoms with Gasteiger partial charge in [0.1, 0.15) is 19.8 Å². The molecule has 302 valence electrons. The van der Waals surface area contributed by atoms with E-state index in [1.54, 1.807) is 0 Å². The van der Waals surface area contributed by atoms with E-state index in [1.807, 2.05) is 21.1 Å². The van der Waals surface area contributed by atoms with Gasteiger partial charge < -0.3 is 18.9 Å². The van der Waals surface area contributed by atoms with Gasteiger partial charge in [0.25, 0.3) is 0 Å². The van der Waals surface area contributed by atoms with Crippen LogP contribution in [0.1, 0.15) is 155 Å². The van der Waals surface area contributed by atoms with Gasteiger partial charge in [0, 0.05) is 12.8 Å². The van der Waals surface area contributed by atoms with Crippen LogP contribution >= 0.6 is 7.82 Å². The highest BCUT2D eigenvalue weighted by molar-refractivity contribution is 7.47. The molecule has 9 nitrogen and oxygen atoms in total. The van der Waals surface area contributed by atoms with Crippen molar-refractivity contribution in [1.82, 2.24) is 0 Å². The number of allylic oxidation sites excluding steroid dienone is 8. The molecule has 52 heavy (non-hydrogen) atoms. The minimum absolute atomic E-state index is 0.0243. The molecule has 1 unspecified atom stereocenters. The average Bonchev–Trinajstić information content (AvgIpc) is 3.09. The lowest BCUT2D eigenvalue weighted by Gasteiger charge is -2.24. The molecule has 0 heterocycles. The van der Waals surface area contributed by atoms with Gasteiger partial charge in [-0.1, -0.05) is 133 Å². The smallest absolute Gasteiger partial charge is 0.462 e. The summed E-state index contributed by atoms with van der Waals surface area (Å²) in [7, 11) is 1.45. The monoisotopic (exact) mass is 755 g/mol. The van der Waals surface area contributed by atoms with E-state index < -0.39 is 26.5 Å². The number of quaternary nitrogens is 1. The van der Waals surface area contributed by atoms with Crippen molar-refractivity contribution in [3.8, 4) is 0 Å². The van der Waals surface area contributed by atoms with Gasteiger partial charge in [-0.05, 0) is 57.8 Å². The van der Waals surface area contributed by atoms with Crippen molar-refractivity contribution in [3.63, 3.8) is 0 Å². The van der Waals surface area contributed by atoms with E-state index in [2.05, 4.69) is 62.5 Å². The van der Waals surface area contributed by atoms with Crippen molar-refractivity contribution >= 4 is 19.8 Å². The molecule has 0 fully saturated rings. The molecule has 0 bridgehead atoms. The summed E-state index contributed by atoms with van der Waals surface area (Å²) in [4.78, 5) is 35.2. The number of ether oxygens (including phenoxy) is 2. The standard InChI is InChI=1S/C42H76NO8P/c1-6-8-10-12-14-16-17-18-19-20-21-22-23-24-25-27-29-31-33-35-42(45)51-40(39-50-52(46,47)49-37-36-43(3,4)5)38-48-41(44)34-32-30-28-26-15-13-11-9-7-2/h14,16,18-19,21-22,24-25,40H,6-13,15,17,20,23,26-39H2,1-5H3/p+1/b16-14-,19-18-,22-21-,25-24-/t40-/m1/s1. The first-order valence-electron chi connectivity index (χ1n) is 20.4. The third-order valence-electron chi connectivity index (χ3n) is 8.36. The van der Waals surface area contributed by atoms with Crippen LogP contribution in [0.15, 0.2) is 48.6 Å². The molecule has 0 aromatic carbocycles. The first kappa shape index (κ1) is 50.0. The summed E-state index contributed by atoms with van der Waals surface area (Å²) in [5.41, 5.74) is 0. The van der Waals surface area contributed by atoms with Crippen LogP contribution in [0.2, 0.25) is 0 Å². The van der Waals surface area contributed by atoms with Crippen LogP contribution in [-0.2, 0) is 32.7 Å². The van der Waals surface area contributed by atoms with Crippen LogP contribution in [0.3, 0.4) is 0 Å². The van der Waals surface area contributed by atoms with Crippen LogP contribution in [0.4, 0.5) is 0 Å². The SMILES string of the molecule is CCCCC/C=C\C/C=C\C/C=C\C/C=C\CCCCCC(=O)O[C@H](COC(=O)CCCCCCCCCCC)COP(=O)(O)OCC[N+](C)(C)C. The number of hydrogen-bond donors (Lipinski definition) is 1. The number of phosphoric acid groups is 1. The summed E-state index contributed by atoms with van der Waals surface area (Å²) in [6.07, 6.45) is 38.8. The van der Waals surface area contributed by atoms with Crippen molar-refractivity contribution in [2.75, 3.05) is 47.5 Å². The summed E-state index contributed by atoms with van der Waals surface area (Å²) < 4.78 is 34.1. The first-order chi connectivity index (χ1) is 25.0. The third-order valence-corrected chi connectivity index (χ3v) is 9.35. The van der Waals surface area contributed by atoms with Crippen LogP contribution in [0.25, 0.3) is 0 Å². The molecule has 0 radical (unpaired) electrons. The summed E-state index contributed by atoms with van der Waals surface area (Å²) in [5.74, 6) is -0.841. The molecule has 1 N–H and O–H groups in total. The molecular formula is C42H77NO8P+. The predicted octanol–water partition coefficient (Wildman–Crippen LogP) is 11.1. The van der Waals surface area contributed by atoms with Crippen molar-refractivity contribution in [3.05, 3.63) is 48.6 Å². The fourth-order valence-corrected chi connectivity index (χ4v) is 5.85. The molecule has 0 rings (SSSR count). The number of phosphoric ester groups is 1. The Balaban J connectivity index is 4.44. The second kappa shape index (κ2) is 34.7. The fraction of sp³-hybridized carbons (Fsp3) is 0.762. The maximum absolute atomic E-state index is 12.6. The largest absolute Gasteiger partial charge is 0.472 e. The van der Waals surface area contributed by atoms with Crippen LogP contribution in [0, 0.1) is 0 Å². The molecule has 0 aliphatic rings. The van der Waals surface area contributed by atoms with Gasteiger partial charge in [-0.2, -0.15) is 0 Å². The number of unbranched alkanes of at least 4 members (excludes halogenated alkanes) is 14. The topological polar surface area (TPSA) is 108 Å². The zero-order valence-electron chi connectivity index (χ0n) is 33.8. The van der Waals surface area contributed by atoms with E-state index in [1.165, 1.54) is 64.2 Å². The Hall–Kier alpha value is -2.03. The fourth-order valence-electron chi connectivity index (χ4n) is 5.11. The van der Waals surface area contributed by atoms with E-state index in [0.29, 0.717) is 17.4 Å². The van der Waals surface area contributed by atoms with Crippen molar-refractivity contribution in [2.24, 2.45) is 0 Å². The summed E-state index contributed by atoms with van der Waals surface area (Å²) in [5, 5.41) is 0. The quantitative estimate of drug-likeness (QED) is 0.0221. The first-order valence-corrected chi connectivity index (χ1v) is 21.9. The van der Waals surface area contributed by atoms with Gasteiger partial charge in [-0.3, -0.25) is 18.6 Å². The van der Waals surface area contributed by atoms with Crippen LogP contribution < -0.4 is 0 Å². The molecule has 0 aliphatic carbocycles. The second-order valence-electron chi connectivity index (χ2n) is 14.7. The van der Waals surface area contributed by atoms with Crippen molar-refractivity contribution < 1.29 is 42.1 Å². The highest BCUT2D eigenvalue weighted by Crippen LogP contribution is 2.43. The minimum Gasteiger partial charge on any atom is -0.462 e. The number of rotatable bonds is 36. The van der Waals surface area contributed by atoms with Gasteiger partial charge >= 0.3 is 19.8 Å². The number of nitrogens with zero attached hydrogens (tertiary/aromatic N) is 1. The Morgan fingerprint density at radius 3 is 1.58 bits per heavy atom. The predicted molar refractivity (Wildman–Crippen MR) is 215 cm³/mol.